The van der Waals surface area contributed by atoms with E-state index in [1.165, 1.54) is 5.56 Å². The van der Waals surface area contributed by atoms with Crippen molar-refractivity contribution in [3.05, 3.63) is 54.8 Å². The molecular formula is C20H30N2. The Hall–Kier alpha value is -1.83. The topological polar surface area (TPSA) is 24.4 Å². The Morgan fingerprint density at radius 1 is 1.23 bits per heavy atom. The Bertz CT molecular complexity index is 537. The molecule has 2 atom stereocenters. The van der Waals surface area contributed by atoms with Crippen LogP contribution in [-0.4, -0.2) is 11.8 Å². The zero-order valence-corrected chi connectivity index (χ0v) is 14.9. The Kier molecular flexibility index (Phi) is 6.61. The molecule has 1 aromatic rings. The van der Waals surface area contributed by atoms with Crippen LogP contribution >= 0.6 is 0 Å². The first-order valence-corrected chi connectivity index (χ1v) is 8.01. The number of benzene rings is 1. The van der Waals surface area contributed by atoms with Gasteiger partial charge in [-0.2, -0.15) is 0 Å². The summed E-state index contributed by atoms with van der Waals surface area (Å²) in [6, 6.07) is 8.86. The molecule has 0 aromatic heterocycles. The normalized spacial score (nSPS) is 16.6. The lowest BCUT2D eigenvalue weighted by Crippen LogP contribution is -2.26. The predicted molar refractivity (Wildman–Crippen MR) is 99.8 cm³/mol. The van der Waals surface area contributed by atoms with Gasteiger partial charge < -0.3 is 5.32 Å². The molecule has 2 unspecified atom stereocenters. The minimum absolute atomic E-state index is 0.00738. The first-order chi connectivity index (χ1) is 10.3. The molecule has 0 fully saturated rings. The molecule has 0 saturated heterocycles. The summed E-state index contributed by atoms with van der Waals surface area (Å²) in [7, 11) is 0. The van der Waals surface area contributed by atoms with Gasteiger partial charge >= 0.3 is 0 Å². The highest BCUT2D eigenvalue weighted by Crippen LogP contribution is 2.33. The van der Waals surface area contributed by atoms with Crippen molar-refractivity contribution in [3.8, 4) is 0 Å². The van der Waals surface area contributed by atoms with Crippen molar-refractivity contribution < 1.29 is 0 Å². The van der Waals surface area contributed by atoms with Gasteiger partial charge in [0, 0.05) is 23.0 Å². The number of nitrogens with zero attached hydrogens (tertiary/aromatic N) is 1. The van der Waals surface area contributed by atoms with E-state index < -0.39 is 0 Å². The van der Waals surface area contributed by atoms with Crippen LogP contribution in [0.5, 0.6) is 0 Å². The van der Waals surface area contributed by atoms with Gasteiger partial charge in [-0.25, -0.2) is 0 Å². The Balaban J connectivity index is 2.88. The Morgan fingerprint density at radius 2 is 1.82 bits per heavy atom. The van der Waals surface area contributed by atoms with Crippen molar-refractivity contribution in [3.63, 3.8) is 0 Å². The molecule has 120 valence electrons. The number of hydrogen-bond acceptors (Lipinski definition) is 2. The summed E-state index contributed by atoms with van der Waals surface area (Å²) >= 11 is 0. The van der Waals surface area contributed by atoms with Crippen LogP contribution < -0.4 is 5.32 Å². The molecule has 2 heteroatoms. The van der Waals surface area contributed by atoms with Crippen molar-refractivity contribution >= 4 is 11.4 Å². The van der Waals surface area contributed by atoms with Gasteiger partial charge in [0.15, 0.2) is 0 Å². The fourth-order valence-corrected chi connectivity index (χ4v) is 2.27. The molecule has 1 aromatic carbocycles. The third-order valence-electron chi connectivity index (χ3n) is 4.57. The fraction of sp³-hybridized carbons (Fsp3) is 0.450. The molecule has 2 nitrogen and oxygen atoms in total. The quantitative estimate of drug-likeness (QED) is 0.515. The maximum Gasteiger partial charge on any atom is 0.0615 e. The molecule has 1 rings (SSSR count). The third kappa shape index (κ3) is 4.33. The summed E-state index contributed by atoms with van der Waals surface area (Å²) in [6.45, 7) is 16.9. The van der Waals surface area contributed by atoms with E-state index in [9.17, 15) is 0 Å². The fourth-order valence-electron chi connectivity index (χ4n) is 2.27. The summed E-state index contributed by atoms with van der Waals surface area (Å²) < 4.78 is 0. The van der Waals surface area contributed by atoms with Gasteiger partial charge in [0.05, 0.1) is 6.04 Å². The van der Waals surface area contributed by atoms with Crippen molar-refractivity contribution in [2.24, 2.45) is 10.9 Å². The van der Waals surface area contributed by atoms with Crippen LogP contribution in [0.25, 0.3) is 0 Å². The molecule has 0 saturated carbocycles. The van der Waals surface area contributed by atoms with E-state index in [0.717, 1.165) is 11.4 Å². The molecule has 0 heterocycles. The van der Waals surface area contributed by atoms with Gasteiger partial charge in [-0.1, -0.05) is 45.1 Å². The number of anilines is 1. The number of aliphatic imine (C=N–C) groups is 1. The monoisotopic (exact) mass is 298 g/mol. The molecule has 0 spiro atoms. The Labute approximate surface area is 136 Å². The minimum Gasteiger partial charge on any atom is -0.377 e. The molecule has 1 N–H and O–H groups in total. The lowest BCUT2D eigenvalue weighted by Gasteiger charge is -2.31. The zero-order valence-electron chi connectivity index (χ0n) is 14.9. The smallest absolute Gasteiger partial charge is 0.0615 e. The Morgan fingerprint density at radius 3 is 2.27 bits per heavy atom. The maximum atomic E-state index is 4.39. The van der Waals surface area contributed by atoms with E-state index >= 15 is 0 Å². The number of nitrogens with one attached hydrogen (secondary N) is 1. The molecule has 22 heavy (non-hydrogen) atoms. The van der Waals surface area contributed by atoms with Gasteiger partial charge in [0.1, 0.15) is 0 Å². The van der Waals surface area contributed by atoms with E-state index in [-0.39, 0.29) is 11.5 Å². The van der Waals surface area contributed by atoms with Crippen LogP contribution in [0.2, 0.25) is 0 Å². The maximum absolute atomic E-state index is 4.39. The molecule has 0 aliphatic carbocycles. The second-order valence-electron chi connectivity index (χ2n) is 6.34. The van der Waals surface area contributed by atoms with Crippen molar-refractivity contribution in [2.45, 2.75) is 53.0 Å². The van der Waals surface area contributed by atoms with Gasteiger partial charge in [0.25, 0.3) is 0 Å². The highest BCUT2D eigenvalue weighted by Gasteiger charge is 2.26. The summed E-state index contributed by atoms with van der Waals surface area (Å²) in [5.74, 6) is 0.512. The summed E-state index contributed by atoms with van der Waals surface area (Å²) in [4.78, 5) is 4.39. The predicted octanol–water partition coefficient (Wildman–Crippen LogP) is 5.58. The van der Waals surface area contributed by atoms with Gasteiger partial charge in [-0.05, 0) is 44.4 Å². The van der Waals surface area contributed by atoms with Gasteiger partial charge in [-0.15, -0.1) is 6.58 Å². The second kappa shape index (κ2) is 7.98. The lowest BCUT2D eigenvalue weighted by molar-refractivity contribution is 0.421. The lowest BCUT2D eigenvalue weighted by atomic mass is 9.73. The van der Waals surface area contributed by atoms with Gasteiger partial charge in [-0.3, -0.25) is 4.99 Å². The largest absolute Gasteiger partial charge is 0.377 e. The molecule has 0 amide bonds. The number of hydrogen-bond donors (Lipinski definition) is 1. The molecule has 0 aliphatic heterocycles. The summed E-state index contributed by atoms with van der Waals surface area (Å²) in [5, 5.41) is 3.49. The second-order valence-corrected chi connectivity index (χ2v) is 6.34. The molecule has 0 bridgehead atoms. The molecule has 0 aliphatic rings. The minimum atomic E-state index is 0.00738. The highest BCUT2D eigenvalue weighted by molar-refractivity contribution is 5.89. The summed E-state index contributed by atoms with van der Waals surface area (Å²) in [6.07, 6.45) is 5.82. The molecule has 0 radical (unpaired) electrons. The molecular weight excluding hydrogens is 268 g/mol. The van der Waals surface area contributed by atoms with Crippen LogP contribution in [0, 0.1) is 5.92 Å². The van der Waals surface area contributed by atoms with E-state index in [2.05, 4.69) is 74.9 Å². The van der Waals surface area contributed by atoms with Crippen molar-refractivity contribution in [1.82, 2.24) is 0 Å². The standard InChI is InChI=1S/C20H30N2/c1-8-14-21-16(5)17(6)22-19-12-10-18(11-13-19)20(7,9-2)15(3)4/h8-15,17,22H,2H2,1,3-7H3/b14-8-,21-16?. The average Bonchev–Trinajstić information content (AvgIpc) is 2.52. The van der Waals surface area contributed by atoms with Gasteiger partial charge in [0.2, 0.25) is 0 Å². The van der Waals surface area contributed by atoms with Crippen LogP contribution in [0.1, 0.15) is 47.1 Å². The van der Waals surface area contributed by atoms with E-state index in [4.69, 9.17) is 0 Å². The summed E-state index contributed by atoms with van der Waals surface area (Å²) in [5.41, 5.74) is 3.49. The number of rotatable bonds is 7. The number of allylic oxidation sites excluding steroid dienone is 2. The zero-order chi connectivity index (χ0) is 16.8. The van der Waals surface area contributed by atoms with E-state index in [1.54, 1.807) is 0 Å². The van der Waals surface area contributed by atoms with Crippen LogP contribution in [0.15, 0.2) is 54.2 Å². The van der Waals surface area contributed by atoms with Crippen LogP contribution in [0.4, 0.5) is 5.69 Å². The van der Waals surface area contributed by atoms with E-state index in [1.807, 2.05) is 26.1 Å². The highest BCUT2D eigenvalue weighted by atomic mass is 14.9. The van der Waals surface area contributed by atoms with Crippen LogP contribution in [0.3, 0.4) is 0 Å². The SMILES string of the molecule is C=CC(C)(c1ccc(NC(C)C(C)=N/C=C\C)cc1)C(C)C. The first-order valence-electron chi connectivity index (χ1n) is 8.01. The average molecular weight is 298 g/mol. The van der Waals surface area contributed by atoms with Crippen molar-refractivity contribution in [1.29, 1.82) is 0 Å². The van der Waals surface area contributed by atoms with E-state index in [0.29, 0.717) is 5.92 Å². The van der Waals surface area contributed by atoms with Crippen molar-refractivity contribution in [2.75, 3.05) is 5.32 Å². The first kappa shape index (κ1) is 18.2. The van der Waals surface area contributed by atoms with Crippen LogP contribution in [-0.2, 0) is 5.41 Å². The third-order valence-corrected chi connectivity index (χ3v) is 4.57.